The smallest absolute Gasteiger partial charge is 0.141 e. The van der Waals surface area contributed by atoms with Crippen LogP contribution in [0, 0.1) is 6.92 Å². The first-order valence-electron chi connectivity index (χ1n) is 5.02. The summed E-state index contributed by atoms with van der Waals surface area (Å²) in [4.78, 5) is 1.96. The maximum atomic E-state index is 6.08. The van der Waals surface area contributed by atoms with Crippen molar-refractivity contribution in [3.05, 3.63) is 29.8 Å². The van der Waals surface area contributed by atoms with Gasteiger partial charge in [0.25, 0.3) is 0 Å². The van der Waals surface area contributed by atoms with Crippen molar-refractivity contribution >= 4 is 5.69 Å². The zero-order valence-electron chi connectivity index (χ0n) is 9.62. The summed E-state index contributed by atoms with van der Waals surface area (Å²) in [5.74, 6) is -0.635. The van der Waals surface area contributed by atoms with Crippen molar-refractivity contribution in [3.8, 4) is 0 Å². The van der Waals surface area contributed by atoms with Gasteiger partial charge in [-0.25, -0.2) is 0 Å². The van der Waals surface area contributed by atoms with Gasteiger partial charge in [-0.15, -0.1) is 0 Å². The van der Waals surface area contributed by atoms with Crippen LogP contribution in [0.2, 0.25) is 0 Å². The molecule has 15 heavy (non-hydrogen) atoms. The Labute approximate surface area is 91.2 Å². The van der Waals surface area contributed by atoms with Crippen molar-refractivity contribution in [2.45, 2.75) is 19.6 Å². The molecule has 1 aromatic rings. The Morgan fingerprint density at radius 2 is 1.87 bits per heavy atom. The minimum Gasteiger partial charge on any atom is -0.345 e. The number of hydrogen-bond acceptors (Lipinski definition) is 4. The molecule has 0 fully saturated rings. The molecule has 4 heteroatoms. The van der Waals surface area contributed by atoms with Crippen LogP contribution in [-0.4, -0.2) is 19.5 Å². The SMILES string of the molecule is Cc1ccc(N(C)C(C)(N)NCN)cc1. The molecule has 0 spiro atoms. The standard InChI is InChI=1S/C11H20N4/c1-9-4-6-10(7-5-9)15(3)11(2,13)14-8-12/h4-7,14H,8,12-13H2,1-3H3. The molecule has 0 aliphatic rings. The first-order valence-corrected chi connectivity index (χ1v) is 5.02. The van der Waals surface area contributed by atoms with Gasteiger partial charge < -0.3 is 10.6 Å². The van der Waals surface area contributed by atoms with E-state index in [2.05, 4.69) is 24.4 Å². The monoisotopic (exact) mass is 208 g/mol. The molecule has 84 valence electrons. The molecule has 1 unspecified atom stereocenters. The summed E-state index contributed by atoms with van der Waals surface area (Å²) in [6, 6.07) is 8.20. The molecule has 0 bridgehead atoms. The Hall–Kier alpha value is -1.10. The number of aryl methyl sites for hydroxylation is 1. The summed E-state index contributed by atoms with van der Waals surface area (Å²) in [6.45, 7) is 4.30. The fraction of sp³-hybridized carbons (Fsp3) is 0.455. The summed E-state index contributed by atoms with van der Waals surface area (Å²) in [5.41, 5.74) is 13.8. The lowest BCUT2D eigenvalue weighted by Gasteiger charge is -2.37. The zero-order chi connectivity index (χ0) is 11.5. The summed E-state index contributed by atoms with van der Waals surface area (Å²) < 4.78 is 0. The molecular weight excluding hydrogens is 188 g/mol. The second-order valence-electron chi connectivity index (χ2n) is 3.92. The Morgan fingerprint density at radius 1 is 1.33 bits per heavy atom. The number of hydrogen-bond donors (Lipinski definition) is 3. The van der Waals surface area contributed by atoms with E-state index in [1.807, 2.05) is 31.0 Å². The summed E-state index contributed by atoms with van der Waals surface area (Å²) in [6.07, 6.45) is 0. The predicted octanol–water partition coefficient (Wildman–Crippen LogP) is 0.569. The average Bonchev–Trinajstić information content (AvgIpc) is 2.18. The molecular formula is C11H20N4. The number of nitrogens with zero attached hydrogens (tertiary/aromatic N) is 1. The quantitative estimate of drug-likeness (QED) is 0.633. The van der Waals surface area contributed by atoms with Crippen LogP contribution >= 0.6 is 0 Å². The lowest BCUT2D eigenvalue weighted by Crippen LogP contribution is -2.63. The van der Waals surface area contributed by atoms with Crippen LogP contribution in [0.5, 0.6) is 0 Å². The van der Waals surface area contributed by atoms with Crippen molar-refractivity contribution in [2.24, 2.45) is 11.5 Å². The van der Waals surface area contributed by atoms with Gasteiger partial charge in [0.05, 0.1) is 0 Å². The van der Waals surface area contributed by atoms with Crippen LogP contribution in [0.4, 0.5) is 5.69 Å². The normalized spacial score (nSPS) is 14.7. The molecule has 4 nitrogen and oxygen atoms in total. The molecule has 0 saturated carbocycles. The Balaban J connectivity index is 2.84. The number of rotatable bonds is 4. The van der Waals surface area contributed by atoms with Gasteiger partial charge in [-0.2, -0.15) is 0 Å². The lowest BCUT2D eigenvalue weighted by atomic mass is 10.2. The highest BCUT2D eigenvalue weighted by molar-refractivity contribution is 5.48. The molecule has 0 aromatic heterocycles. The van der Waals surface area contributed by atoms with Gasteiger partial charge >= 0.3 is 0 Å². The highest BCUT2D eigenvalue weighted by atomic mass is 15.4. The minimum absolute atomic E-state index is 0.350. The molecule has 1 atom stereocenters. The van der Waals surface area contributed by atoms with E-state index < -0.39 is 5.79 Å². The van der Waals surface area contributed by atoms with Gasteiger partial charge in [0.2, 0.25) is 0 Å². The van der Waals surface area contributed by atoms with Crippen LogP contribution in [-0.2, 0) is 0 Å². The highest BCUT2D eigenvalue weighted by Crippen LogP contribution is 2.17. The van der Waals surface area contributed by atoms with Gasteiger partial charge in [-0.3, -0.25) is 11.1 Å². The second-order valence-corrected chi connectivity index (χ2v) is 3.92. The van der Waals surface area contributed by atoms with Crippen LogP contribution < -0.4 is 21.7 Å². The Morgan fingerprint density at radius 3 is 2.33 bits per heavy atom. The van der Waals surface area contributed by atoms with Gasteiger partial charge in [0, 0.05) is 19.4 Å². The van der Waals surface area contributed by atoms with E-state index in [0.29, 0.717) is 6.67 Å². The fourth-order valence-electron chi connectivity index (χ4n) is 1.36. The largest absolute Gasteiger partial charge is 0.345 e. The molecule has 1 rings (SSSR count). The molecule has 5 N–H and O–H groups in total. The van der Waals surface area contributed by atoms with E-state index in [1.54, 1.807) is 0 Å². The molecule has 0 heterocycles. The van der Waals surface area contributed by atoms with Crippen molar-refractivity contribution in [2.75, 3.05) is 18.6 Å². The molecule has 0 aliphatic heterocycles. The first kappa shape index (κ1) is 12.0. The molecule has 0 radical (unpaired) electrons. The predicted molar refractivity (Wildman–Crippen MR) is 64.4 cm³/mol. The van der Waals surface area contributed by atoms with E-state index in [9.17, 15) is 0 Å². The average molecular weight is 208 g/mol. The first-order chi connectivity index (χ1) is 6.97. The van der Waals surface area contributed by atoms with E-state index in [4.69, 9.17) is 11.5 Å². The lowest BCUT2D eigenvalue weighted by molar-refractivity contribution is 0.368. The van der Waals surface area contributed by atoms with Crippen LogP contribution in [0.25, 0.3) is 0 Å². The molecule has 0 saturated heterocycles. The fourth-order valence-corrected chi connectivity index (χ4v) is 1.36. The third-order valence-corrected chi connectivity index (χ3v) is 2.58. The van der Waals surface area contributed by atoms with Crippen molar-refractivity contribution < 1.29 is 0 Å². The minimum atomic E-state index is -0.635. The van der Waals surface area contributed by atoms with Crippen LogP contribution in [0.3, 0.4) is 0 Å². The van der Waals surface area contributed by atoms with Gasteiger partial charge in [0.1, 0.15) is 5.79 Å². The second kappa shape index (κ2) is 4.61. The molecule has 0 amide bonds. The number of anilines is 1. The van der Waals surface area contributed by atoms with E-state index in [0.717, 1.165) is 5.69 Å². The summed E-state index contributed by atoms with van der Waals surface area (Å²) in [5, 5.41) is 3.02. The van der Waals surface area contributed by atoms with E-state index >= 15 is 0 Å². The van der Waals surface area contributed by atoms with Crippen molar-refractivity contribution in [1.29, 1.82) is 0 Å². The van der Waals surface area contributed by atoms with E-state index in [-0.39, 0.29) is 0 Å². The van der Waals surface area contributed by atoms with Crippen LogP contribution in [0.1, 0.15) is 12.5 Å². The maximum absolute atomic E-state index is 6.08. The van der Waals surface area contributed by atoms with Crippen molar-refractivity contribution in [3.63, 3.8) is 0 Å². The van der Waals surface area contributed by atoms with Gasteiger partial charge in [0.15, 0.2) is 0 Å². The maximum Gasteiger partial charge on any atom is 0.141 e. The zero-order valence-corrected chi connectivity index (χ0v) is 9.62. The van der Waals surface area contributed by atoms with Gasteiger partial charge in [-0.05, 0) is 26.0 Å². The number of benzene rings is 1. The molecule has 1 aromatic carbocycles. The van der Waals surface area contributed by atoms with Gasteiger partial charge in [-0.1, -0.05) is 17.7 Å². The third-order valence-electron chi connectivity index (χ3n) is 2.58. The van der Waals surface area contributed by atoms with Crippen molar-refractivity contribution in [1.82, 2.24) is 5.32 Å². The third kappa shape index (κ3) is 2.92. The Kier molecular flexibility index (Phi) is 3.68. The topological polar surface area (TPSA) is 67.3 Å². The number of nitrogens with two attached hydrogens (primary N) is 2. The molecule has 0 aliphatic carbocycles. The Bertz CT molecular complexity index is 305. The van der Waals surface area contributed by atoms with E-state index in [1.165, 1.54) is 5.56 Å². The number of nitrogens with one attached hydrogen (secondary N) is 1. The van der Waals surface area contributed by atoms with Crippen LogP contribution in [0.15, 0.2) is 24.3 Å². The summed E-state index contributed by atoms with van der Waals surface area (Å²) >= 11 is 0. The highest BCUT2D eigenvalue weighted by Gasteiger charge is 2.22. The summed E-state index contributed by atoms with van der Waals surface area (Å²) in [7, 11) is 1.94.